The van der Waals surface area contributed by atoms with E-state index >= 15 is 0 Å². The third-order valence-electron chi connectivity index (χ3n) is 2.51. The highest BCUT2D eigenvalue weighted by atomic mass is 35.5. The standard InChI is InChI=1S/C13H10Cl2N4O3/c1-6(2)22-11-8(14)3-7(4-9(11)15)19-13(21)17-12(20)10(5-16)18-19/h3-4,6H,1-2H3,(H,17,20,21). The lowest BCUT2D eigenvalue weighted by molar-refractivity contribution is 0.242. The molecule has 0 aliphatic rings. The summed E-state index contributed by atoms with van der Waals surface area (Å²) in [6, 6.07) is 4.40. The molecule has 0 atom stereocenters. The van der Waals surface area contributed by atoms with Crippen molar-refractivity contribution in [3.05, 3.63) is 48.7 Å². The first-order chi connectivity index (χ1) is 10.3. The van der Waals surface area contributed by atoms with Crippen molar-refractivity contribution in [1.82, 2.24) is 14.8 Å². The molecule has 0 amide bonds. The number of nitrogens with one attached hydrogen (secondary N) is 1. The highest BCUT2D eigenvalue weighted by molar-refractivity contribution is 6.37. The topological polar surface area (TPSA) is 101 Å². The van der Waals surface area contributed by atoms with E-state index in [9.17, 15) is 9.59 Å². The van der Waals surface area contributed by atoms with Gasteiger partial charge in [-0.15, -0.1) is 5.10 Å². The van der Waals surface area contributed by atoms with Crippen LogP contribution in [-0.2, 0) is 0 Å². The molecular weight excluding hydrogens is 331 g/mol. The molecule has 0 saturated carbocycles. The van der Waals surface area contributed by atoms with Crippen molar-refractivity contribution in [2.75, 3.05) is 0 Å². The number of ether oxygens (including phenoxy) is 1. The fourth-order valence-corrected chi connectivity index (χ4v) is 2.23. The number of benzene rings is 1. The number of nitriles is 1. The van der Waals surface area contributed by atoms with E-state index in [1.807, 2.05) is 18.8 Å². The van der Waals surface area contributed by atoms with Crippen molar-refractivity contribution in [2.24, 2.45) is 0 Å². The maximum absolute atomic E-state index is 11.8. The van der Waals surface area contributed by atoms with Crippen LogP contribution in [0.15, 0.2) is 21.7 Å². The number of rotatable bonds is 3. The van der Waals surface area contributed by atoms with Gasteiger partial charge in [-0.3, -0.25) is 9.78 Å². The maximum atomic E-state index is 11.8. The SMILES string of the molecule is CC(C)Oc1c(Cl)cc(-n2nc(C#N)c(=O)[nH]c2=O)cc1Cl. The number of halogens is 2. The number of nitrogens with zero attached hydrogens (tertiary/aromatic N) is 3. The van der Waals surface area contributed by atoms with Crippen LogP contribution in [0.1, 0.15) is 19.5 Å². The van der Waals surface area contributed by atoms with Gasteiger partial charge in [-0.05, 0) is 26.0 Å². The van der Waals surface area contributed by atoms with E-state index in [1.54, 1.807) is 6.07 Å². The van der Waals surface area contributed by atoms with Crippen molar-refractivity contribution in [1.29, 1.82) is 5.26 Å². The summed E-state index contributed by atoms with van der Waals surface area (Å²) in [5.74, 6) is 0.278. The van der Waals surface area contributed by atoms with Gasteiger partial charge < -0.3 is 4.74 Å². The minimum absolute atomic E-state index is 0.139. The number of aromatic amines is 1. The lowest BCUT2D eigenvalue weighted by Crippen LogP contribution is -2.33. The Labute approximate surface area is 134 Å². The van der Waals surface area contributed by atoms with Crippen LogP contribution in [0, 0.1) is 11.3 Å². The van der Waals surface area contributed by atoms with Gasteiger partial charge in [0.2, 0.25) is 5.69 Å². The zero-order valence-corrected chi connectivity index (χ0v) is 13.1. The quantitative estimate of drug-likeness (QED) is 0.919. The summed E-state index contributed by atoms with van der Waals surface area (Å²) in [7, 11) is 0. The van der Waals surface area contributed by atoms with Gasteiger partial charge in [0, 0.05) is 0 Å². The molecule has 0 fully saturated rings. The van der Waals surface area contributed by atoms with E-state index in [1.165, 1.54) is 12.1 Å². The lowest BCUT2D eigenvalue weighted by Gasteiger charge is -2.14. The predicted molar refractivity (Wildman–Crippen MR) is 81.0 cm³/mol. The van der Waals surface area contributed by atoms with Crippen LogP contribution < -0.4 is 16.0 Å². The van der Waals surface area contributed by atoms with Crippen LogP contribution in [0.5, 0.6) is 5.75 Å². The Morgan fingerprint density at radius 1 is 1.32 bits per heavy atom. The molecule has 1 N–H and O–H groups in total. The minimum atomic E-state index is -0.860. The van der Waals surface area contributed by atoms with Crippen molar-refractivity contribution in [3.63, 3.8) is 0 Å². The molecule has 0 spiro atoms. The zero-order valence-electron chi connectivity index (χ0n) is 11.6. The normalized spacial score (nSPS) is 10.5. The maximum Gasteiger partial charge on any atom is 0.349 e. The summed E-state index contributed by atoms with van der Waals surface area (Å²) >= 11 is 12.2. The van der Waals surface area contributed by atoms with Gasteiger partial charge in [0.1, 0.15) is 6.07 Å². The molecule has 7 nitrogen and oxygen atoms in total. The Bertz CT molecular complexity index is 857. The molecule has 0 aliphatic heterocycles. The average Bonchev–Trinajstić information content (AvgIpc) is 2.42. The predicted octanol–water partition coefficient (Wildman–Crippen LogP) is 1.89. The molecule has 2 aromatic rings. The van der Waals surface area contributed by atoms with Crippen molar-refractivity contribution in [2.45, 2.75) is 20.0 Å². The first-order valence-electron chi connectivity index (χ1n) is 6.13. The van der Waals surface area contributed by atoms with Crippen LogP contribution in [0.3, 0.4) is 0 Å². The molecule has 2 rings (SSSR count). The van der Waals surface area contributed by atoms with Gasteiger partial charge in [-0.1, -0.05) is 23.2 Å². The Hall–Kier alpha value is -2.30. The summed E-state index contributed by atoms with van der Waals surface area (Å²) in [5, 5.41) is 12.8. The van der Waals surface area contributed by atoms with Gasteiger partial charge >= 0.3 is 5.69 Å². The van der Waals surface area contributed by atoms with Crippen LogP contribution >= 0.6 is 23.2 Å². The highest BCUT2D eigenvalue weighted by Crippen LogP contribution is 2.35. The van der Waals surface area contributed by atoms with E-state index in [0.717, 1.165) is 4.68 Å². The molecule has 9 heteroatoms. The van der Waals surface area contributed by atoms with Crippen molar-refractivity contribution in [3.8, 4) is 17.5 Å². The Balaban J connectivity index is 2.63. The number of H-pyrrole nitrogens is 1. The second-order valence-electron chi connectivity index (χ2n) is 4.54. The lowest BCUT2D eigenvalue weighted by atomic mass is 10.3. The van der Waals surface area contributed by atoms with Crippen molar-refractivity contribution >= 4 is 23.2 Å². The second kappa shape index (κ2) is 6.22. The largest absolute Gasteiger partial charge is 0.488 e. The molecule has 0 bridgehead atoms. The molecule has 0 aliphatic carbocycles. The van der Waals surface area contributed by atoms with Gasteiger partial charge in [0.15, 0.2) is 5.75 Å². The number of hydrogen-bond donors (Lipinski definition) is 1. The Morgan fingerprint density at radius 3 is 2.41 bits per heavy atom. The molecule has 22 heavy (non-hydrogen) atoms. The summed E-state index contributed by atoms with van der Waals surface area (Å²) in [4.78, 5) is 25.1. The summed E-state index contributed by atoms with van der Waals surface area (Å²) < 4.78 is 6.31. The molecule has 114 valence electrons. The summed E-state index contributed by atoms with van der Waals surface area (Å²) in [6.07, 6.45) is -0.139. The van der Waals surface area contributed by atoms with Gasteiger partial charge in [0.05, 0.1) is 21.8 Å². The van der Waals surface area contributed by atoms with E-state index in [4.69, 9.17) is 33.2 Å². The van der Waals surface area contributed by atoms with E-state index in [0.29, 0.717) is 0 Å². The van der Waals surface area contributed by atoms with Crippen LogP contribution in [-0.4, -0.2) is 20.9 Å². The van der Waals surface area contributed by atoms with E-state index in [2.05, 4.69) is 5.10 Å². The monoisotopic (exact) mass is 340 g/mol. The molecule has 0 unspecified atom stereocenters. The van der Waals surface area contributed by atoms with Gasteiger partial charge in [-0.25, -0.2) is 4.79 Å². The molecule has 0 saturated heterocycles. The third kappa shape index (κ3) is 3.13. The molecule has 1 aromatic carbocycles. The Kier molecular flexibility index (Phi) is 4.54. The molecule has 0 radical (unpaired) electrons. The van der Waals surface area contributed by atoms with E-state index < -0.39 is 16.9 Å². The van der Waals surface area contributed by atoms with E-state index in [-0.39, 0.29) is 27.6 Å². The number of aromatic nitrogens is 3. The third-order valence-corrected chi connectivity index (χ3v) is 3.08. The number of hydrogen-bond acceptors (Lipinski definition) is 5. The smallest absolute Gasteiger partial charge is 0.349 e. The van der Waals surface area contributed by atoms with Gasteiger partial charge in [0.25, 0.3) is 5.56 Å². The van der Waals surface area contributed by atoms with Crippen molar-refractivity contribution < 1.29 is 4.74 Å². The summed E-state index contributed by atoms with van der Waals surface area (Å²) in [6.45, 7) is 3.63. The van der Waals surface area contributed by atoms with Crippen LogP contribution in [0.25, 0.3) is 5.69 Å². The van der Waals surface area contributed by atoms with Crippen LogP contribution in [0.4, 0.5) is 0 Å². The fraction of sp³-hybridized carbons (Fsp3) is 0.231. The highest BCUT2D eigenvalue weighted by Gasteiger charge is 2.15. The molecular formula is C13H10Cl2N4O3. The van der Waals surface area contributed by atoms with Gasteiger partial charge in [-0.2, -0.15) is 9.94 Å². The molecule has 1 aromatic heterocycles. The first kappa shape index (κ1) is 16.1. The fourth-order valence-electron chi connectivity index (χ4n) is 1.67. The second-order valence-corrected chi connectivity index (χ2v) is 5.35. The molecule has 1 heterocycles. The summed E-state index contributed by atoms with van der Waals surface area (Å²) in [5.41, 5.74) is -1.92. The zero-order chi connectivity index (χ0) is 16.4. The Morgan fingerprint density at radius 2 is 1.91 bits per heavy atom. The minimum Gasteiger partial charge on any atom is -0.488 e. The first-order valence-corrected chi connectivity index (χ1v) is 6.89. The van der Waals surface area contributed by atoms with Crippen LogP contribution in [0.2, 0.25) is 10.0 Å². The average molecular weight is 341 g/mol.